The number of aromatic nitrogens is 7. The summed E-state index contributed by atoms with van der Waals surface area (Å²) in [5.74, 6) is 7.90. The molecule has 0 aliphatic rings. The third-order valence-corrected chi connectivity index (χ3v) is 15.4. The molecule has 0 atom stereocenters. The van der Waals surface area contributed by atoms with Gasteiger partial charge in [-0.3, -0.25) is 4.98 Å². The summed E-state index contributed by atoms with van der Waals surface area (Å²) >= 11 is -2.30. The zero-order chi connectivity index (χ0) is 45.5. The summed E-state index contributed by atoms with van der Waals surface area (Å²) in [6.07, 6.45) is 0.341. The van der Waals surface area contributed by atoms with E-state index in [0.717, 1.165) is 54.4 Å². The minimum Gasteiger partial charge on any atom is 0 e. The third-order valence-electron chi connectivity index (χ3n) is 11.2. The number of hydrogen-bond acceptors (Lipinski definition) is 7. The van der Waals surface area contributed by atoms with Gasteiger partial charge in [-0.2, -0.15) is 0 Å². The number of nitrogens with zero attached hydrogens (tertiary/aromatic N) is 7. The van der Waals surface area contributed by atoms with E-state index in [0.29, 0.717) is 22.7 Å². The molecule has 1 radical (unpaired) electrons. The summed E-state index contributed by atoms with van der Waals surface area (Å²) in [4.78, 5) is 9.59. The summed E-state index contributed by atoms with van der Waals surface area (Å²) in [6, 6.07) is 52.7. The molecule has 10 aromatic rings. The van der Waals surface area contributed by atoms with E-state index in [2.05, 4.69) is 130 Å². The van der Waals surface area contributed by atoms with Gasteiger partial charge in [-0.15, -0.1) is 28.4 Å². The van der Waals surface area contributed by atoms with E-state index in [1.165, 1.54) is 22.3 Å². The zero-order valence-electron chi connectivity index (χ0n) is 38.9. The minimum atomic E-state index is -2.30. The van der Waals surface area contributed by atoms with Crippen molar-refractivity contribution in [1.82, 2.24) is 35.2 Å². The maximum absolute atomic E-state index is 8.85. The molecule has 8 nitrogen and oxygen atoms in total. The topological polar surface area (TPSA) is 95.4 Å². The summed E-state index contributed by atoms with van der Waals surface area (Å²) in [5, 5.41) is 18.5. The van der Waals surface area contributed by atoms with Crippen molar-refractivity contribution in [2.24, 2.45) is 0 Å². The van der Waals surface area contributed by atoms with Crippen LogP contribution in [0.25, 0.3) is 72.7 Å². The number of pyridine rings is 1. The number of benzene rings is 6. The van der Waals surface area contributed by atoms with Crippen LogP contribution in [0.4, 0.5) is 0 Å². The second kappa shape index (κ2) is 18.9. The number of fused-ring (bicyclic) bond motifs is 4. The van der Waals surface area contributed by atoms with Crippen molar-refractivity contribution in [3.05, 3.63) is 180 Å². The quantitative estimate of drug-likeness (QED) is 0.105. The Kier molecular flexibility index (Phi) is 12.4. The van der Waals surface area contributed by atoms with Crippen LogP contribution < -0.4 is 4.40 Å². The Hall–Kier alpha value is -6.13. The fourth-order valence-corrected chi connectivity index (χ4v) is 11.0. The minimum absolute atomic E-state index is 0. The van der Waals surface area contributed by atoms with Gasteiger partial charge < -0.3 is 8.98 Å². The Morgan fingerprint density at radius 1 is 0.703 bits per heavy atom. The number of para-hydroxylation sites is 1. The summed E-state index contributed by atoms with van der Waals surface area (Å²) in [7, 11) is 0. The molecule has 0 saturated carbocycles. The van der Waals surface area contributed by atoms with Crippen LogP contribution in [0.1, 0.15) is 64.5 Å². The molecule has 10 rings (SSSR count). The molecule has 0 amide bonds. The predicted octanol–water partition coefficient (Wildman–Crippen LogP) is 12.6. The summed E-state index contributed by atoms with van der Waals surface area (Å²) < 4.78 is 27.3. The number of furan rings is 1. The Morgan fingerprint density at radius 2 is 1.38 bits per heavy atom. The van der Waals surface area contributed by atoms with Gasteiger partial charge in [0, 0.05) is 31.2 Å². The fourth-order valence-electron chi connectivity index (χ4n) is 8.07. The molecule has 10 heteroatoms. The first-order valence-corrected chi connectivity index (χ1v) is 28.7. The van der Waals surface area contributed by atoms with Gasteiger partial charge in [-0.1, -0.05) is 87.2 Å². The van der Waals surface area contributed by atoms with Crippen molar-refractivity contribution in [2.45, 2.75) is 63.2 Å². The molecule has 0 N–H and O–H groups in total. The van der Waals surface area contributed by atoms with Crippen molar-refractivity contribution in [2.75, 3.05) is 0 Å². The third kappa shape index (κ3) is 8.98. The molecule has 4 heterocycles. The van der Waals surface area contributed by atoms with Gasteiger partial charge in [0.1, 0.15) is 5.58 Å². The SMILES string of the molecule is CC(C)c1cc(-c2ccccc2)cc(C(C)C)c1-n1c(-c2[c-]ccc3c2oc2ccccc23)nc2nnnnc21.[2H]C([2H])(c1ccccc1)c1cc(-c2[c-]cccc2)nc[c]1[Ge]([CH3])([CH3])[CH3].[Ir]. The molecule has 0 aliphatic heterocycles. The monoisotopic (exact) mass is 1080 g/mol. The van der Waals surface area contributed by atoms with Gasteiger partial charge >= 0.3 is 144 Å². The van der Waals surface area contributed by atoms with Crippen molar-refractivity contribution >= 4 is 50.9 Å². The van der Waals surface area contributed by atoms with E-state index in [1.54, 1.807) is 0 Å². The molecule has 0 saturated heterocycles. The van der Waals surface area contributed by atoms with Gasteiger partial charge in [-0.25, -0.2) is 0 Å². The second-order valence-corrected chi connectivity index (χ2v) is 27.9. The van der Waals surface area contributed by atoms with Crippen LogP contribution in [-0.2, 0) is 26.5 Å². The molecule has 0 fully saturated rings. The van der Waals surface area contributed by atoms with Crippen LogP contribution in [-0.4, -0.2) is 48.4 Å². The number of rotatable bonds is 9. The standard InChI is InChI=1S/C33H27N6O.C21H22GeN.Ir/c1-19(2)26-17-22(21-11-6-5-7-12-21)18-27(20(3)4)29(26)39-32(34-31-33(39)36-38-37-35-31)25-15-10-14-24-23-13-8-9-16-28(23)40-30(24)25;1-22(2,3)20-16-23-21(18-12-8-5-9-13-18)15-19(20)14-17-10-6-4-7-11-17;/h5-14,16-20H,1-4H3;4-12,15-16H,14H2,1-3H3;/q2*-1;/i;14D2;. The van der Waals surface area contributed by atoms with Crippen molar-refractivity contribution in [3.63, 3.8) is 0 Å². The van der Waals surface area contributed by atoms with Crippen molar-refractivity contribution in [1.29, 1.82) is 0 Å². The van der Waals surface area contributed by atoms with E-state index in [9.17, 15) is 0 Å². The van der Waals surface area contributed by atoms with E-state index in [-0.39, 0.29) is 31.9 Å². The molecule has 0 bridgehead atoms. The van der Waals surface area contributed by atoms with Crippen molar-refractivity contribution < 1.29 is 27.3 Å². The largest absolute Gasteiger partial charge is 0 e. The first-order chi connectivity index (χ1) is 31.3. The second-order valence-electron chi connectivity index (χ2n) is 17.3. The number of hydrogen-bond donors (Lipinski definition) is 0. The predicted molar refractivity (Wildman–Crippen MR) is 258 cm³/mol. The molecule has 64 heavy (non-hydrogen) atoms. The molecular weight excluding hydrogens is 1030 g/mol. The van der Waals surface area contributed by atoms with Crippen molar-refractivity contribution in [3.8, 4) is 39.5 Å². The normalized spacial score (nSPS) is 12.3. The summed E-state index contributed by atoms with van der Waals surface area (Å²) in [6.45, 7) is 8.87. The Labute approximate surface area is 393 Å². The van der Waals surface area contributed by atoms with E-state index in [1.807, 2.05) is 103 Å². The van der Waals surface area contributed by atoms with Gasteiger partial charge in [0.25, 0.3) is 0 Å². The van der Waals surface area contributed by atoms with Crippen LogP contribution in [0, 0.1) is 12.1 Å². The van der Waals surface area contributed by atoms with Gasteiger partial charge in [0.05, 0.1) is 11.4 Å². The fraction of sp³-hybridized carbons (Fsp3) is 0.185. The van der Waals surface area contributed by atoms with E-state index in [4.69, 9.17) is 12.1 Å². The molecule has 0 spiro atoms. The zero-order valence-corrected chi connectivity index (χ0v) is 41.4. The van der Waals surface area contributed by atoms with Gasteiger partial charge in [-0.05, 0) is 62.7 Å². The van der Waals surface area contributed by atoms with Gasteiger partial charge in [0.15, 0.2) is 0 Å². The molecule has 6 aromatic carbocycles. The first kappa shape index (κ1) is 41.9. The van der Waals surface area contributed by atoms with Gasteiger partial charge in [0.2, 0.25) is 11.3 Å². The molecule has 0 unspecified atom stereocenters. The molecule has 321 valence electrons. The average Bonchev–Trinajstić information content (AvgIpc) is 3.90. The summed E-state index contributed by atoms with van der Waals surface area (Å²) in [5.41, 5.74) is 12.1. The smallest absolute Gasteiger partial charge is 0 e. The molecule has 0 aliphatic carbocycles. The Morgan fingerprint density at radius 3 is 2.06 bits per heavy atom. The van der Waals surface area contributed by atoms with Crippen LogP contribution >= 0.6 is 0 Å². The van der Waals surface area contributed by atoms with Crippen LogP contribution in [0.3, 0.4) is 0 Å². The Balaban J connectivity index is 0.000000197. The first-order valence-electron chi connectivity index (χ1n) is 22.3. The molecular formula is C54H49GeIrN7O-2. The van der Waals surface area contributed by atoms with E-state index >= 15 is 0 Å². The number of imidazole rings is 1. The van der Waals surface area contributed by atoms with Crippen LogP contribution in [0.2, 0.25) is 17.3 Å². The van der Waals surface area contributed by atoms with Crippen LogP contribution in [0.15, 0.2) is 150 Å². The average molecular weight is 1080 g/mol. The maximum atomic E-state index is 8.85. The Bertz CT molecular complexity index is 3270. The maximum Gasteiger partial charge on any atom is 0 e. The molecule has 4 aromatic heterocycles. The van der Waals surface area contributed by atoms with Crippen LogP contribution in [0.5, 0.6) is 0 Å². The van der Waals surface area contributed by atoms with E-state index < -0.39 is 19.6 Å².